The number of esters is 1. The number of carboxylic acids is 1. The summed E-state index contributed by atoms with van der Waals surface area (Å²) in [6, 6.07) is 13.6. The molecule has 0 aromatic heterocycles. The number of carbonyl (C=O) groups is 3. The summed E-state index contributed by atoms with van der Waals surface area (Å²) in [5.41, 5.74) is 1.95. The Morgan fingerprint density at radius 1 is 1.13 bits per heavy atom. The molecule has 0 spiro atoms. The number of nitrogens with zero attached hydrogens (tertiary/aromatic N) is 2. The Labute approximate surface area is 184 Å². The van der Waals surface area contributed by atoms with Gasteiger partial charge in [0.25, 0.3) is 5.91 Å². The molecule has 0 aliphatic carbocycles. The van der Waals surface area contributed by atoms with Crippen LogP contribution in [0.5, 0.6) is 5.75 Å². The van der Waals surface area contributed by atoms with Gasteiger partial charge in [0, 0.05) is 12.6 Å². The molecule has 0 saturated carbocycles. The van der Waals surface area contributed by atoms with Gasteiger partial charge in [-0.25, -0.2) is 4.79 Å². The normalized spacial score (nSPS) is 14.8. The molecule has 1 aliphatic rings. The molecular weight excluding hydrogens is 420 g/mol. The number of hydrogen-bond donors (Lipinski definition) is 1. The van der Waals surface area contributed by atoms with E-state index < -0.39 is 17.8 Å². The van der Waals surface area contributed by atoms with Crippen molar-refractivity contribution in [3.05, 3.63) is 70.9 Å². The summed E-state index contributed by atoms with van der Waals surface area (Å²) in [5.74, 6) is -1.43. The van der Waals surface area contributed by atoms with Crippen LogP contribution in [0.1, 0.15) is 21.5 Å². The van der Waals surface area contributed by atoms with E-state index in [0.29, 0.717) is 17.0 Å². The third-order valence-electron chi connectivity index (χ3n) is 4.66. The maximum atomic E-state index is 12.8. The van der Waals surface area contributed by atoms with Crippen LogP contribution in [0.2, 0.25) is 0 Å². The largest absolute Gasteiger partial charge is 0.488 e. The average Bonchev–Trinajstić information content (AvgIpc) is 2.97. The van der Waals surface area contributed by atoms with E-state index in [4.69, 9.17) is 22.1 Å². The van der Waals surface area contributed by atoms with Gasteiger partial charge >= 0.3 is 11.9 Å². The van der Waals surface area contributed by atoms with Crippen molar-refractivity contribution in [1.82, 2.24) is 9.80 Å². The first-order chi connectivity index (χ1) is 14.8. The van der Waals surface area contributed by atoms with Crippen molar-refractivity contribution < 1.29 is 29.0 Å². The Bertz CT molecular complexity index is 1060. The quantitative estimate of drug-likeness (QED) is 0.399. The Balaban J connectivity index is 1.80. The van der Waals surface area contributed by atoms with E-state index in [2.05, 4.69) is 4.74 Å². The van der Waals surface area contributed by atoms with Crippen LogP contribution in [0, 0.1) is 0 Å². The first kappa shape index (κ1) is 22.0. The van der Waals surface area contributed by atoms with Gasteiger partial charge in [-0.3, -0.25) is 14.5 Å². The molecule has 2 aromatic carbocycles. The van der Waals surface area contributed by atoms with E-state index in [0.717, 1.165) is 5.56 Å². The Kier molecular flexibility index (Phi) is 6.66. The summed E-state index contributed by atoms with van der Waals surface area (Å²) >= 11 is 5.29. The number of hydrogen-bond acceptors (Lipinski definition) is 6. The summed E-state index contributed by atoms with van der Waals surface area (Å²) in [6.07, 6.45) is 1.65. The van der Waals surface area contributed by atoms with Gasteiger partial charge < -0.3 is 19.5 Å². The number of benzene rings is 2. The summed E-state index contributed by atoms with van der Waals surface area (Å²) in [4.78, 5) is 38.1. The fraction of sp³-hybridized carbons (Fsp3) is 0.182. The molecule has 1 amide bonds. The van der Waals surface area contributed by atoms with Crippen LogP contribution in [0.25, 0.3) is 6.08 Å². The number of carbonyl (C=O) groups excluding carboxylic acids is 2. The Morgan fingerprint density at radius 2 is 1.81 bits per heavy atom. The van der Waals surface area contributed by atoms with Crippen molar-refractivity contribution in [2.45, 2.75) is 6.61 Å². The fourth-order valence-corrected chi connectivity index (χ4v) is 3.17. The maximum absolute atomic E-state index is 12.8. The molecule has 9 heteroatoms. The smallest absolute Gasteiger partial charge is 0.335 e. The molecule has 31 heavy (non-hydrogen) atoms. The molecule has 8 nitrogen and oxygen atoms in total. The first-order valence-electron chi connectivity index (χ1n) is 9.24. The van der Waals surface area contributed by atoms with Crippen molar-refractivity contribution in [2.75, 3.05) is 20.7 Å². The van der Waals surface area contributed by atoms with Crippen LogP contribution >= 0.6 is 12.2 Å². The van der Waals surface area contributed by atoms with Gasteiger partial charge in [0.2, 0.25) is 0 Å². The van der Waals surface area contributed by atoms with Crippen molar-refractivity contribution in [3.8, 4) is 5.75 Å². The highest BCUT2D eigenvalue weighted by Crippen LogP contribution is 2.27. The van der Waals surface area contributed by atoms with Crippen LogP contribution < -0.4 is 4.74 Å². The standard InChI is InChI=1S/C22H20N2O6S/c1-23-17(20(26)24(22(23)31)12-19(25)29-2)11-16-5-3-4-6-18(16)30-13-14-7-9-15(10-8-14)21(27)28/h3-11H,12-13H2,1-2H3,(H,27,28)/b17-11-. The SMILES string of the molecule is COC(=O)CN1C(=O)/C(=C/c2ccccc2OCc2ccc(C(=O)O)cc2)N(C)C1=S. The third-order valence-corrected chi connectivity index (χ3v) is 5.16. The highest BCUT2D eigenvalue weighted by molar-refractivity contribution is 7.80. The Morgan fingerprint density at radius 3 is 2.45 bits per heavy atom. The van der Waals surface area contributed by atoms with Crippen LogP contribution in [0.3, 0.4) is 0 Å². The molecule has 160 valence electrons. The summed E-state index contributed by atoms with van der Waals surface area (Å²) in [5, 5.41) is 9.20. The molecule has 1 aliphatic heterocycles. The molecule has 2 aromatic rings. The van der Waals surface area contributed by atoms with Gasteiger partial charge in [0.05, 0.1) is 12.7 Å². The molecular formula is C22H20N2O6S. The molecule has 0 bridgehead atoms. The topological polar surface area (TPSA) is 96.4 Å². The second kappa shape index (κ2) is 9.40. The van der Waals surface area contributed by atoms with Gasteiger partial charge in [-0.05, 0) is 42.1 Å². The van der Waals surface area contributed by atoms with Crippen molar-refractivity contribution in [2.24, 2.45) is 0 Å². The van der Waals surface area contributed by atoms with Crippen LogP contribution in [-0.2, 0) is 20.9 Å². The fourth-order valence-electron chi connectivity index (χ4n) is 2.93. The lowest BCUT2D eigenvalue weighted by Crippen LogP contribution is -2.36. The van der Waals surface area contributed by atoms with E-state index in [9.17, 15) is 14.4 Å². The minimum Gasteiger partial charge on any atom is -0.488 e. The predicted molar refractivity (Wildman–Crippen MR) is 116 cm³/mol. The number of aromatic carboxylic acids is 1. The maximum Gasteiger partial charge on any atom is 0.335 e. The number of carboxylic acid groups (broad SMARTS) is 1. The van der Waals surface area contributed by atoms with Crippen molar-refractivity contribution in [1.29, 1.82) is 0 Å². The van der Waals surface area contributed by atoms with E-state index in [-0.39, 0.29) is 23.8 Å². The first-order valence-corrected chi connectivity index (χ1v) is 9.64. The van der Waals surface area contributed by atoms with E-state index in [1.54, 1.807) is 43.5 Å². The number of likely N-dealkylation sites (N-methyl/N-ethyl adjacent to an activating group) is 1. The zero-order chi connectivity index (χ0) is 22.5. The molecule has 0 unspecified atom stereocenters. The van der Waals surface area contributed by atoms with E-state index in [1.165, 1.54) is 29.0 Å². The number of thiocarbonyl (C=S) groups is 1. The number of rotatable bonds is 7. The lowest BCUT2D eigenvalue weighted by atomic mass is 10.1. The Hall–Kier alpha value is -3.72. The van der Waals surface area contributed by atoms with Crippen molar-refractivity contribution >= 4 is 41.3 Å². The average molecular weight is 440 g/mol. The van der Waals surface area contributed by atoms with Crippen molar-refractivity contribution in [3.63, 3.8) is 0 Å². The van der Waals surface area contributed by atoms with Gasteiger partial charge in [0.15, 0.2) is 5.11 Å². The molecule has 3 rings (SSSR count). The highest BCUT2D eigenvalue weighted by atomic mass is 32.1. The second-order valence-electron chi connectivity index (χ2n) is 6.67. The van der Waals surface area contributed by atoms with Crippen LogP contribution in [-0.4, -0.2) is 58.6 Å². The molecule has 1 heterocycles. The van der Waals surface area contributed by atoms with E-state index in [1.807, 2.05) is 6.07 Å². The number of para-hydroxylation sites is 1. The van der Waals surface area contributed by atoms with Gasteiger partial charge in [0.1, 0.15) is 24.6 Å². The lowest BCUT2D eigenvalue weighted by Gasteiger charge is -2.14. The van der Waals surface area contributed by atoms with Gasteiger partial charge in [-0.2, -0.15) is 0 Å². The molecule has 1 fully saturated rings. The number of methoxy groups -OCH3 is 1. The van der Waals surface area contributed by atoms with Crippen LogP contribution in [0.15, 0.2) is 54.2 Å². The highest BCUT2D eigenvalue weighted by Gasteiger charge is 2.37. The lowest BCUT2D eigenvalue weighted by molar-refractivity contribution is -0.143. The van der Waals surface area contributed by atoms with Gasteiger partial charge in [-0.1, -0.05) is 30.3 Å². The molecule has 0 radical (unpaired) electrons. The monoisotopic (exact) mass is 440 g/mol. The number of amides is 1. The second-order valence-corrected chi connectivity index (χ2v) is 7.03. The minimum atomic E-state index is -0.992. The zero-order valence-electron chi connectivity index (χ0n) is 16.9. The van der Waals surface area contributed by atoms with E-state index >= 15 is 0 Å². The number of ether oxygens (including phenoxy) is 2. The third kappa shape index (κ3) is 4.89. The summed E-state index contributed by atoms with van der Waals surface area (Å²) in [7, 11) is 2.89. The molecule has 1 N–H and O–H groups in total. The predicted octanol–water partition coefficient (Wildman–Crippen LogP) is 2.54. The molecule has 0 atom stereocenters. The zero-order valence-corrected chi connectivity index (χ0v) is 17.7. The van der Waals surface area contributed by atoms with Gasteiger partial charge in [-0.15, -0.1) is 0 Å². The van der Waals surface area contributed by atoms with Crippen LogP contribution in [0.4, 0.5) is 0 Å². The molecule has 1 saturated heterocycles. The minimum absolute atomic E-state index is 0.198. The summed E-state index contributed by atoms with van der Waals surface area (Å²) in [6.45, 7) is -0.0446. The summed E-state index contributed by atoms with van der Waals surface area (Å²) < 4.78 is 10.5.